The van der Waals surface area contributed by atoms with Crippen molar-refractivity contribution in [1.29, 1.82) is 0 Å². The zero-order valence-corrected chi connectivity index (χ0v) is 8.58. The average Bonchev–Trinajstić information content (AvgIpc) is 2.59. The Bertz CT molecular complexity index is 483. The number of benzene rings is 1. The van der Waals surface area contributed by atoms with E-state index in [9.17, 15) is 0 Å². The van der Waals surface area contributed by atoms with E-state index in [-0.39, 0.29) is 5.11 Å². The molecule has 0 saturated carbocycles. The molecule has 2 aromatic rings. The summed E-state index contributed by atoms with van der Waals surface area (Å²) < 4.78 is 0. The minimum Gasteiger partial charge on any atom is -0.375 e. The lowest BCUT2D eigenvalue weighted by atomic mass is 10.3. The SMILES string of the molecule is NC(=S)NN=Cc1nc2ccccc2[nH]1. The van der Waals surface area contributed by atoms with E-state index in [1.54, 1.807) is 0 Å². The van der Waals surface area contributed by atoms with Gasteiger partial charge in [0.1, 0.15) is 0 Å². The molecule has 0 atom stereocenters. The number of imidazole rings is 1. The van der Waals surface area contributed by atoms with Gasteiger partial charge in [-0.25, -0.2) is 4.98 Å². The molecule has 6 heteroatoms. The Kier molecular flexibility index (Phi) is 2.59. The van der Waals surface area contributed by atoms with Gasteiger partial charge in [0.15, 0.2) is 10.9 Å². The van der Waals surface area contributed by atoms with Crippen LogP contribution < -0.4 is 11.2 Å². The van der Waals surface area contributed by atoms with Crippen LogP contribution in [0.25, 0.3) is 11.0 Å². The van der Waals surface area contributed by atoms with E-state index >= 15 is 0 Å². The molecule has 0 radical (unpaired) electrons. The lowest BCUT2D eigenvalue weighted by Gasteiger charge is -1.91. The Labute approximate surface area is 91.4 Å². The number of H-pyrrole nitrogens is 1. The van der Waals surface area contributed by atoms with Crippen molar-refractivity contribution >= 4 is 34.6 Å². The second kappa shape index (κ2) is 4.05. The smallest absolute Gasteiger partial charge is 0.184 e. The molecular formula is C9H9N5S. The van der Waals surface area contributed by atoms with Crippen LogP contribution in [0.3, 0.4) is 0 Å². The molecule has 5 nitrogen and oxygen atoms in total. The largest absolute Gasteiger partial charge is 0.375 e. The summed E-state index contributed by atoms with van der Waals surface area (Å²) >= 11 is 4.60. The first-order chi connectivity index (χ1) is 7.25. The fraction of sp³-hybridized carbons (Fsp3) is 0. The van der Waals surface area contributed by atoms with Crippen molar-refractivity contribution in [3.63, 3.8) is 0 Å². The maximum Gasteiger partial charge on any atom is 0.184 e. The lowest BCUT2D eigenvalue weighted by Crippen LogP contribution is -2.24. The molecule has 4 N–H and O–H groups in total. The van der Waals surface area contributed by atoms with Gasteiger partial charge in [0, 0.05) is 0 Å². The molecule has 15 heavy (non-hydrogen) atoms. The third-order valence-electron chi connectivity index (χ3n) is 1.77. The van der Waals surface area contributed by atoms with Gasteiger partial charge in [-0.2, -0.15) is 5.10 Å². The molecule has 0 aliphatic heterocycles. The number of hydrazone groups is 1. The van der Waals surface area contributed by atoms with Gasteiger partial charge < -0.3 is 10.7 Å². The van der Waals surface area contributed by atoms with Crippen LogP contribution in [0.1, 0.15) is 5.82 Å². The number of rotatable bonds is 2. The fourth-order valence-electron chi connectivity index (χ4n) is 1.19. The highest BCUT2D eigenvalue weighted by molar-refractivity contribution is 7.80. The number of hydrogen-bond acceptors (Lipinski definition) is 3. The number of aromatic amines is 1. The van der Waals surface area contributed by atoms with Crippen LogP contribution in [0.15, 0.2) is 29.4 Å². The Hall–Kier alpha value is -1.95. The summed E-state index contributed by atoms with van der Waals surface area (Å²) in [6.07, 6.45) is 1.53. The molecule has 2 rings (SSSR count). The number of fused-ring (bicyclic) bond motifs is 1. The molecule has 1 heterocycles. The van der Waals surface area contributed by atoms with E-state index in [4.69, 9.17) is 5.73 Å². The van der Waals surface area contributed by atoms with Crippen LogP contribution in [0, 0.1) is 0 Å². The lowest BCUT2D eigenvalue weighted by molar-refractivity contribution is 1.04. The first kappa shape index (κ1) is 9.60. The van der Waals surface area contributed by atoms with Crippen molar-refractivity contribution in [2.75, 3.05) is 0 Å². The summed E-state index contributed by atoms with van der Waals surface area (Å²) in [5.74, 6) is 0.653. The molecule has 0 unspecified atom stereocenters. The highest BCUT2D eigenvalue weighted by atomic mass is 32.1. The predicted octanol–water partition coefficient (Wildman–Crippen LogP) is 0.730. The van der Waals surface area contributed by atoms with Gasteiger partial charge in [0.25, 0.3) is 0 Å². The quantitative estimate of drug-likeness (QED) is 0.395. The molecule has 0 spiro atoms. The van der Waals surface area contributed by atoms with Gasteiger partial charge in [-0.1, -0.05) is 12.1 Å². The predicted molar refractivity (Wildman–Crippen MR) is 63.6 cm³/mol. The minimum absolute atomic E-state index is 0.127. The zero-order valence-electron chi connectivity index (χ0n) is 7.77. The number of thiocarbonyl (C=S) groups is 1. The third kappa shape index (κ3) is 2.29. The van der Waals surface area contributed by atoms with E-state index in [1.165, 1.54) is 6.21 Å². The molecule has 0 bridgehead atoms. The summed E-state index contributed by atoms with van der Waals surface area (Å²) in [5, 5.41) is 3.93. The summed E-state index contributed by atoms with van der Waals surface area (Å²) in [6.45, 7) is 0. The summed E-state index contributed by atoms with van der Waals surface area (Å²) in [4.78, 5) is 7.37. The van der Waals surface area contributed by atoms with E-state index < -0.39 is 0 Å². The standard InChI is InChI=1S/C9H9N5S/c10-9(15)14-11-5-8-12-6-3-1-2-4-7(6)13-8/h1-5H,(H,12,13)(H3,10,14,15). The monoisotopic (exact) mass is 219 g/mol. The molecule has 76 valence electrons. The van der Waals surface area contributed by atoms with Crippen LogP contribution in [0.5, 0.6) is 0 Å². The van der Waals surface area contributed by atoms with E-state index in [0.717, 1.165) is 11.0 Å². The maximum atomic E-state index is 5.21. The number of nitrogens with two attached hydrogens (primary N) is 1. The molecule has 0 fully saturated rings. The number of nitrogens with zero attached hydrogens (tertiary/aromatic N) is 2. The van der Waals surface area contributed by atoms with Crippen LogP contribution >= 0.6 is 12.2 Å². The minimum atomic E-state index is 0.127. The van der Waals surface area contributed by atoms with E-state index in [2.05, 4.69) is 32.7 Å². The molecule has 0 amide bonds. The molecule has 0 aliphatic carbocycles. The average molecular weight is 219 g/mol. The van der Waals surface area contributed by atoms with Crippen molar-refractivity contribution < 1.29 is 0 Å². The Balaban J connectivity index is 2.22. The van der Waals surface area contributed by atoms with Crippen LogP contribution in [0.2, 0.25) is 0 Å². The molecule has 1 aromatic carbocycles. The van der Waals surface area contributed by atoms with Gasteiger partial charge in [0.2, 0.25) is 0 Å². The van der Waals surface area contributed by atoms with Gasteiger partial charge in [-0.05, 0) is 24.4 Å². The van der Waals surface area contributed by atoms with Crippen LogP contribution in [0.4, 0.5) is 0 Å². The van der Waals surface area contributed by atoms with Gasteiger partial charge >= 0.3 is 0 Å². The summed E-state index contributed by atoms with van der Waals surface area (Å²) in [6, 6.07) is 7.73. The number of nitrogens with one attached hydrogen (secondary N) is 2. The Morgan fingerprint density at radius 1 is 1.53 bits per heavy atom. The van der Waals surface area contributed by atoms with Crippen molar-refractivity contribution in [2.45, 2.75) is 0 Å². The number of hydrogen-bond donors (Lipinski definition) is 3. The zero-order chi connectivity index (χ0) is 10.7. The van der Waals surface area contributed by atoms with E-state index in [1.807, 2.05) is 24.3 Å². The van der Waals surface area contributed by atoms with Crippen LogP contribution in [-0.4, -0.2) is 21.3 Å². The number of aromatic nitrogens is 2. The molecular weight excluding hydrogens is 210 g/mol. The maximum absolute atomic E-state index is 5.21. The third-order valence-corrected chi connectivity index (χ3v) is 1.86. The Morgan fingerprint density at radius 2 is 2.33 bits per heavy atom. The normalized spacial score (nSPS) is 10.9. The van der Waals surface area contributed by atoms with Crippen molar-refractivity contribution in [2.24, 2.45) is 10.8 Å². The first-order valence-corrected chi connectivity index (χ1v) is 4.70. The molecule has 0 saturated heterocycles. The second-order valence-electron chi connectivity index (χ2n) is 2.87. The summed E-state index contributed by atoms with van der Waals surface area (Å²) in [5.41, 5.74) is 9.53. The fourth-order valence-corrected chi connectivity index (χ4v) is 1.24. The first-order valence-electron chi connectivity index (χ1n) is 4.29. The highest BCUT2D eigenvalue weighted by Gasteiger charge is 1.97. The van der Waals surface area contributed by atoms with Crippen LogP contribution in [-0.2, 0) is 0 Å². The van der Waals surface area contributed by atoms with Gasteiger partial charge in [-0.15, -0.1) is 0 Å². The topological polar surface area (TPSA) is 79.1 Å². The molecule has 1 aromatic heterocycles. The van der Waals surface area contributed by atoms with Gasteiger partial charge in [0.05, 0.1) is 17.2 Å². The van der Waals surface area contributed by atoms with E-state index in [0.29, 0.717) is 5.82 Å². The molecule has 0 aliphatic rings. The Morgan fingerprint density at radius 3 is 3.07 bits per heavy atom. The highest BCUT2D eigenvalue weighted by Crippen LogP contribution is 2.08. The summed E-state index contributed by atoms with van der Waals surface area (Å²) in [7, 11) is 0. The van der Waals surface area contributed by atoms with Crippen molar-refractivity contribution in [3.8, 4) is 0 Å². The van der Waals surface area contributed by atoms with Crippen molar-refractivity contribution in [1.82, 2.24) is 15.4 Å². The van der Waals surface area contributed by atoms with Gasteiger partial charge in [-0.3, -0.25) is 5.43 Å². The second-order valence-corrected chi connectivity index (χ2v) is 3.31. The number of para-hydroxylation sites is 2. The van der Waals surface area contributed by atoms with Crippen molar-refractivity contribution in [3.05, 3.63) is 30.1 Å².